The van der Waals surface area contributed by atoms with Crippen LogP contribution in [0.1, 0.15) is 20.3 Å². The fourth-order valence-corrected chi connectivity index (χ4v) is 1.96. The van der Waals surface area contributed by atoms with Gasteiger partial charge in [0.15, 0.2) is 0 Å². The molecule has 2 N–H and O–H groups in total. The van der Waals surface area contributed by atoms with Crippen molar-refractivity contribution in [1.29, 1.82) is 0 Å². The molecule has 0 aromatic heterocycles. The van der Waals surface area contributed by atoms with Crippen molar-refractivity contribution in [3.63, 3.8) is 0 Å². The zero-order valence-electron chi connectivity index (χ0n) is 11.2. The summed E-state index contributed by atoms with van der Waals surface area (Å²) >= 11 is 5.86. The number of halogens is 2. The molecule has 2 amide bonds. The van der Waals surface area contributed by atoms with E-state index in [-0.39, 0.29) is 17.1 Å². The van der Waals surface area contributed by atoms with Crippen LogP contribution in [0.5, 0.6) is 0 Å². The molecule has 0 aliphatic carbocycles. The first-order valence-electron chi connectivity index (χ1n) is 6.09. The monoisotopic (exact) mass is 302 g/mol. The third-order valence-corrected chi connectivity index (χ3v) is 3.10. The predicted molar refractivity (Wildman–Crippen MR) is 74.5 cm³/mol. The van der Waals surface area contributed by atoms with E-state index in [0.29, 0.717) is 6.54 Å². The van der Waals surface area contributed by atoms with Crippen molar-refractivity contribution < 1.29 is 19.1 Å². The zero-order chi connectivity index (χ0) is 15.3. The van der Waals surface area contributed by atoms with Gasteiger partial charge in [0.2, 0.25) is 0 Å². The first kappa shape index (κ1) is 16.2. The van der Waals surface area contributed by atoms with Crippen LogP contribution >= 0.6 is 11.6 Å². The molecule has 0 saturated carbocycles. The summed E-state index contributed by atoms with van der Waals surface area (Å²) in [5.74, 6) is -1.51. The number of urea groups is 1. The van der Waals surface area contributed by atoms with E-state index in [1.165, 1.54) is 17.0 Å². The molecule has 5 nitrogen and oxygen atoms in total. The summed E-state index contributed by atoms with van der Waals surface area (Å²) in [6.45, 7) is 3.68. The summed E-state index contributed by atoms with van der Waals surface area (Å²) in [6.07, 6.45) is -0.169. The van der Waals surface area contributed by atoms with Crippen LogP contribution in [0.4, 0.5) is 14.9 Å². The number of aliphatic carboxylic acids is 1. The lowest BCUT2D eigenvalue weighted by Crippen LogP contribution is -2.42. The summed E-state index contributed by atoms with van der Waals surface area (Å²) in [7, 11) is 0. The van der Waals surface area contributed by atoms with Gasteiger partial charge in [-0.3, -0.25) is 4.79 Å². The van der Waals surface area contributed by atoms with E-state index in [4.69, 9.17) is 16.7 Å². The number of carbonyl (C=O) groups is 2. The molecule has 110 valence electrons. The van der Waals surface area contributed by atoms with E-state index in [2.05, 4.69) is 5.32 Å². The maximum absolute atomic E-state index is 13.1. The normalized spacial score (nSPS) is 11.8. The van der Waals surface area contributed by atoms with Gasteiger partial charge in [-0.15, -0.1) is 0 Å². The Hall–Kier alpha value is -1.82. The van der Waals surface area contributed by atoms with Gasteiger partial charge in [-0.1, -0.05) is 11.6 Å². The van der Waals surface area contributed by atoms with Crippen molar-refractivity contribution in [3.05, 3.63) is 29.0 Å². The topological polar surface area (TPSA) is 69.6 Å². The molecule has 0 aliphatic heterocycles. The number of anilines is 1. The van der Waals surface area contributed by atoms with Crippen molar-refractivity contribution in [2.45, 2.75) is 26.3 Å². The lowest BCUT2D eigenvalue weighted by Gasteiger charge is -2.27. The minimum absolute atomic E-state index is 0.151. The fraction of sp³-hybridized carbons (Fsp3) is 0.385. The Morgan fingerprint density at radius 1 is 1.50 bits per heavy atom. The number of rotatable bonds is 5. The van der Waals surface area contributed by atoms with Gasteiger partial charge in [-0.25, -0.2) is 9.18 Å². The maximum atomic E-state index is 13.1. The van der Waals surface area contributed by atoms with Crippen LogP contribution in [0, 0.1) is 5.82 Å². The number of carboxylic acids is 1. The fourth-order valence-electron chi connectivity index (χ4n) is 1.80. The van der Waals surface area contributed by atoms with E-state index >= 15 is 0 Å². The van der Waals surface area contributed by atoms with Crippen molar-refractivity contribution in [2.24, 2.45) is 0 Å². The van der Waals surface area contributed by atoms with E-state index in [1.807, 2.05) is 0 Å². The van der Waals surface area contributed by atoms with E-state index in [9.17, 15) is 14.0 Å². The van der Waals surface area contributed by atoms with Crippen LogP contribution in [0.3, 0.4) is 0 Å². The molecule has 20 heavy (non-hydrogen) atoms. The largest absolute Gasteiger partial charge is 0.481 e. The van der Waals surface area contributed by atoms with Crippen LogP contribution in [-0.4, -0.2) is 34.6 Å². The Labute approximate surface area is 121 Å². The second kappa shape index (κ2) is 7.09. The smallest absolute Gasteiger partial charge is 0.322 e. The SMILES string of the molecule is CCN(C(=O)Nc1cc(F)ccc1Cl)C(C)CC(=O)O. The number of nitrogens with one attached hydrogen (secondary N) is 1. The molecule has 0 heterocycles. The van der Waals surface area contributed by atoms with Crippen molar-refractivity contribution in [3.8, 4) is 0 Å². The second-order valence-corrected chi connectivity index (χ2v) is 4.69. The van der Waals surface area contributed by atoms with Crippen LogP contribution in [0.25, 0.3) is 0 Å². The number of carbonyl (C=O) groups excluding carboxylic acids is 1. The Morgan fingerprint density at radius 3 is 2.70 bits per heavy atom. The minimum atomic E-state index is -0.993. The molecule has 1 rings (SSSR count). The van der Waals surface area contributed by atoms with Gasteiger partial charge in [0.25, 0.3) is 0 Å². The summed E-state index contributed by atoms with van der Waals surface area (Å²) in [5, 5.41) is 11.4. The van der Waals surface area contributed by atoms with Gasteiger partial charge in [-0.2, -0.15) is 0 Å². The second-order valence-electron chi connectivity index (χ2n) is 4.29. The van der Waals surface area contributed by atoms with Crippen LogP contribution in [-0.2, 0) is 4.79 Å². The van der Waals surface area contributed by atoms with Gasteiger partial charge in [0.05, 0.1) is 17.1 Å². The lowest BCUT2D eigenvalue weighted by atomic mass is 10.2. The van der Waals surface area contributed by atoms with Crippen LogP contribution < -0.4 is 5.32 Å². The highest BCUT2D eigenvalue weighted by Crippen LogP contribution is 2.23. The van der Waals surface area contributed by atoms with E-state index in [0.717, 1.165) is 6.07 Å². The van der Waals surface area contributed by atoms with Gasteiger partial charge in [0, 0.05) is 12.6 Å². The number of hydrogen-bond donors (Lipinski definition) is 2. The molecule has 1 aromatic rings. The number of hydrogen-bond acceptors (Lipinski definition) is 2. The third kappa shape index (κ3) is 4.38. The highest BCUT2D eigenvalue weighted by Gasteiger charge is 2.21. The molecular weight excluding hydrogens is 287 g/mol. The molecule has 0 radical (unpaired) electrons. The summed E-state index contributed by atoms with van der Waals surface area (Å²) in [4.78, 5) is 24.1. The van der Waals surface area contributed by atoms with Gasteiger partial charge < -0.3 is 15.3 Å². The average molecular weight is 303 g/mol. The summed E-state index contributed by atoms with van der Waals surface area (Å²) in [6, 6.07) is 2.63. The van der Waals surface area contributed by atoms with Gasteiger partial charge in [0.1, 0.15) is 5.82 Å². The molecule has 0 saturated heterocycles. The molecule has 0 aliphatic rings. The van der Waals surface area contributed by atoms with Gasteiger partial charge >= 0.3 is 12.0 Å². The highest BCUT2D eigenvalue weighted by atomic mass is 35.5. The standard InChI is InChI=1S/C13H16ClFN2O3/c1-3-17(8(2)6-12(18)19)13(20)16-11-7-9(15)4-5-10(11)14/h4-5,7-8H,3,6H2,1-2H3,(H,16,20)(H,18,19). The van der Waals surface area contributed by atoms with Crippen molar-refractivity contribution >= 4 is 29.3 Å². The lowest BCUT2D eigenvalue weighted by molar-refractivity contribution is -0.137. The Balaban J connectivity index is 2.82. The Kier molecular flexibility index (Phi) is 5.76. The summed E-state index contributed by atoms with van der Waals surface area (Å²) < 4.78 is 13.1. The highest BCUT2D eigenvalue weighted by molar-refractivity contribution is 6.33. The number of carboxylic acid groups (broad SMARTS) is 1. The van der Waals surface area contributed by atoms with Gasteiger partial charge in [-0.05, 0) is 32.0 Å². The Bertz CT molecular complexity index is 510. The van der Waals surface area contributed by atoms with Crippen molar-refractivity contribution in [1.82, 2.24) is 4.90 Å². The van der Waals surface area contributed by atoms with E-state index in [1.54, 1.807) is 13.8 Å². The molecule has 0 bridgehead atoms. The van der Waals surface area contributed by atoms with Crippen molar-refractivity contribution in [2.75, 3.05) is 11.9 Å². The average Bonchev–Trinajstić information content (AvgIpc) is 2.33. The zero-order valence-corrected chi connectivity index (χ0v) is 11.9. The van der Waals surface area contributed by atoms with E-state index < -0.39 is 23.9 Å². The molecule has 0 fully saturated rings. The first-order valence-corrected chi connectivity index (χ1v) is 6.47. The molecular formula is C13H16ClFN2O3. The number of benzene rings is 1. The number of amides is 2. The molecule has 0 spiro atoms. The molecule has 1 aromatic carbocycles. The minimum Gasteiger partial charge on any atom is -0.481 e. The number of nitrogens with zero attached hydrogens (tertiary/aromatic N) is 1. The molecule has 1 unspecified atom stereocenters. The first-order chi connectivity index (χ1) is 9.35. The Morgan fingerprint density at radius 2 is 2.15 bits per heavy atom. The maximum Gasteiger partial charge on any atom is 0.322 e. The van der Waals surface area contributed by atoms with Crippen LogP contribution in [0.2, 0.25) is 5.02 Å². The van der Waals surface area contributed by atoms with Crippen LogP contribution in [0.15, 0.2) is 18.2 Å². The molecule has 1 atom stereocenters. The third-order valence-electron chi connectivity index (χ3n) is 2.77. The molecule has 7 heteroatoms. The summed E-state index contributed by atoms with van der Waals surface area (Å²) in [5.41, 5.74) is 0.151. The quantitative estimate of drug-likeness (QED) is 0.877. The predicted octanol–water partition coefficient (Wildman–Crippen LogP) is 3.20.